The first-order valence-electron chi connectivity index (χ1n) is 7.41. The van der Waals surface area contributed by atoms with E-state index < -0.39 is 10.0 Å². The Balaban J connectivity index is 3.22. The molecule has 1 aromatic carbocycles. The summed E-state index contributed by atoms with van der Waals surface area (Å²) in [6, 6.07) is 6.81. The van der Waals surface area contributed by atoms with Gasteiger partial charge in [0, 0.05) is 13.1 Å². The van der Waals surface area contributed by atoms with Gasteiger partial charge in [-0.2, -0.15) is 9.57 Å². The first kappa shape index (κ1) is 17.7. The van der Waals surface area contributed by atoms with E-state index in [1.807, 2.05) is 13.0 Å². The Bertz CT molecular complexity index is 614. The molecule has 0 saturated heterocycles. The predicted molar refractivity (Wildman–Crippen MR) is 84.4 cm³/mol. The molecule has 0 atom stereocenters. The number of nitrogens with zero attached hydrogens (tertiary/aromatic N) is 2. The zero-order valence-electron chi connectivity index (χ0n) is 13.3. The largest absolute Gasteiger partial charge is 0.243 e. The SMILES string of the molecule is CCC(CC)CN(CC)S(=O)(=O)c1cc(C#N)ccc1C. The van der Waals surface area contributed by atoms with Crippen LogP contribution in [0.25, 0.3) is 0 Å². The molecule has 4 nitrogen and oxygen atoms in total. The van der Waals surface area contributed by atoms with E-state index in [0.717, 1.165) is 12.8 Å². The molecule has 0 fully saturated rings. The Morgan fingerprint density at radius 3 is 2.33 bits per heavy atom. The standard InChI is InChI=1S/C16H24N2O2S/c1-5-14(6-2)12-18(7-3)21(19,20)16-10-15(11-17)9-8-13(16)4/h8-10,14H,5-7,12H2,1-4H3. The highest BCUT2D eigenvalue weighted by atomic mass is 32.2. The van der Waals surface area contributed by atoms with Gasteiger partial charge in [-0.1, -0.05) is 39.7 Å². The van der Waals surface area contributed by atoms with Crippen LogP contribution in [0.1, 0.15) is 44.7 Å². The van der Waals surface area contributed by atoms with Gasteiger partial charge in [0.15, 0.2) is 0 Å². The molecule has 0 aliphatic carbocycles. The van der Waals surface area contributed by atoms with Gasteiger partial charge in [-0.3, -0.25) is 0 Å². The number of aryl methyl sites for hydroxylation is 1. The van der Waals surface area contributed by atoms with Crippen molar-refractivity contribution in [2.45, 2.75) is 45.4 Å². The van der Waals surface area contributed by atoms with Gasteiger partial charge < -0.3 is 0 Å². The van der Waals surface area contributed by atoms with Gasteiger partial charge in [0.05, 0.1) is 16.5 Å². The lowest BCUT2D eigenvalue weighted by Gasteiger charge is -2.25. The minimum atomic E-state index is -3.55. The van der Waals surface area contributed by atoms with Gasteiger partial charge in [0.2, 0.25) is 10.0 Å². The lowest BCUT2D eigenvalue weighted by molar-refractivity contribution is 0.339. The Hall–Kier alpha value is -1.38. The van der Waals surface area contributed by atoms with E-state index >= 15 is 0 Å². The maximum absolute atomic E-state index is 12.8. The van der Waals surface area contributed by atoms with Gasteiger partial charge in [-0.15, -0.1) is 0 Å². The molecule has 1 rings (SSSR count). The molecule has 0 amide bonds. The van der Waals surface area contributed by atoms with Crippen LogP contribution in [0.15, 0.2) is 23.1 Å². The van der Waals surface area contributed by atoms with Crippen LogP contribution in [0.3, 0.4) is 0 Å². The smallest absolute Gasteiger partial charge is 0.207 e. The van der Waals surface area contributed by atoms with Crippen LogP contribution >= 0.6 is 0 Å². The summed E-state index contributed by atoms with van der Waals surface area (Å²) in [5.41, 5.74) is 1.05. The second kappa shape index (κ2) is 7.58. The number of nitriles is 1. The fraction of sp³-hybridized carbons (Fsp3) is 0.562. The first-order chi connectivity index (χ1) is 9.90. The average molecular weight is 308 g/mol. The van der Waals surface area contributed by atoms with Crippen LogP contribution in [0.4, 0.5) is 0 Å². The topological polar surface area (TPSA) is 61.2 Å². The molecule has 0 heterocycles. The normalized spacial score (nSPS) is 11.9. The summed E-state index contributed by atoms with van der Waals surface area (Å²) in [4.78, 5) is 0.245. The summed E-state index contributed by atoms with van der Waals surface area (Å²) in [6.07, 6.45) is 1.92. The van der Waals surface area contributed by atoms with E-state index in [1.54, 1.807) is 19.1 Å². The fourth-order valence-corrected chi connectivity index (χ4v) is 4.09. The van der Waals surface area contributed by atoms with Gasteiger partial charge in [0.1, 0.15) is 0 Å². The van der Waals surface area contributed by atoms with Crippen LogP contribution in [-0.4, -0.2) is 25.8 Å². The molecule has 0 N–H and O–H groups in total. The molecule has 0 aliphatic rings. The van der Waals surface area contributed by atoms with Crippen molar-refractivity contribution in [3.8, 4) is 6.07 Å². The third-order valence-corrected chi connectivity index (χ3v) is 5.99. The highest BCUT2D eigenvalue weighted by Crippen LogP contribution is 2.23. The Morgan fingerprint density at radius 2 is 1.86 bits per heavy atom. The number of sulfonamides is 1. The molecule has 0 spiro atoms. The van der Waals surface area contributed by atoms with Gasteiger partial charge in [0.25, 0.3) is 0 Å². The highest BCUT2D eigenvalue weighted by molar-refractivity contribution is 7.89. The zero-order valence-corrected chi connectivity index (χ0v) is 14.1. The third kappa shape index (κ3) is 4.05. The van der Waals surface area contributed by atoms with E-state index in [4.69, 9.17) is 5.26 Å². The average Bonchev–Trinajstić information content (AvgIpc) is 2.48. The monoisotopic (exact) mass is 308 g/mol. The molecule has 5 heteroatoms. The summed E-state index contributed by atoms with van der Waals surface area (Å²) in [6.45, 7) is 8.74. The second-order valence-corrected chi connectivity index (χ2v) is 7.14. The zero-order chi connectivity index (χ0) is 16.0. The van der Waals surface area contributed by atoms with Crippen molar-refractivity contribution in [3.63, 3.8) is 0 Å². The third-order valence-electron chi connectivity index (χ3n) is 3.90. The molecule has 0 aromatic heterocycles. The van der Waals surface area contributed by atoms with Gasteiger partial charge in [-0.25, -0.2) is 8.42 Å². The van der Waals surface area contributed by atoms with E-state index in [0.29, 0.717) is 30.1 Å². The van der Waals surface area contributed by atoms with E-state index in [1.165, 1.54) is 10.4 Å². The molecule has 0 saturated carbocycles. The molecule has 21 heavy (non-hydrogen) atoms. The summed E-state index contributed by atoms with van der Waals surface area (Å²) in [7, 11) is -3.55. The first-order valence-corrected chi connectivity index (χ1v) is 8.85. The fourth-order valence-electron chi connectivity index (χ4n) is 2.32. The highest BCUT2D eigenvalue weighted by Gasteiger charge is 2.26. The Morgan fingerprint density at radius 1 is 1.24 bits per heavy atom. The van der Waals surface area contributed by atoms with E-state index in [-0.39, 0.29) is 4.90 Å². The molecule has 116 valence electrons. The molecule has 1 aromatic rings. The van der Waals surface area contributed by atoms with Crippen LogP contribution in [0, 0.1) is 24.2 Å². The predicted octanol–water partition coefficient (Wildman–Crippen LogP) is 3.31. The maximum atomic E-state index is 12.8. The number of rotatable bonds is 7. The Kier molecular flexibility index (Phi) is 6.38. The van der Waals surface area contributed by atoms with Crippen molar-refractivity contribution in [1.82, 2.24) is 4.31 Å². The summed E-state index contributed by atoms with van der Waals surface area (Å²) >= 11 is 0. The molecule has 0 radical (unpaired) electrons. The van der Waals surface area contributed by atoms with Crippen LogP contribution in [-0.2, 0) is 10.0 Å². The van der Waals surface area contributed by atoms with Crippen molar-refractivity contribution < 1.29 is 8.42 Å². The van der Waals surface area contributed by atoms with Gasteiger partial charge >= 0.3 is 0 Å². The number of hydrogen-bond acceptors (Lipinski definition) is 3. The number of benzene rings is 1. The van der Waals surface area contributed by atoms with E-state index in [2.05, 4.69) is 13.8 Å². The minimum absolute atomic E-state index is 0.245. The quantitative estimate of drug-likeness (QED) is 0.776. The second-order valence-electron chi connectivity index (χ2n) is 5.23. The maximum Gasteiger partial charge on any atom is 0.243 e. The number of hydrogen-bond donors (Lipinski definition) is 0. The van der Waals surface area contributed by atoms with E-state index in [9.17, 15) is 8.42 Å². The van der Waals surface area contributed by atoms with Crippen LogP contribution < -0.4 is 0 Å². The molecule has 0 unspecified atom stereocenters. The Labute approximate surface area is 128 Å². The minimum Gasteiger partial charge on any atom is -0.207 e. The van der Waals surface area contributed by atoms with Crippen molar-refractivity contribution in [2.24, 2.45) is 5.92 Å². The van der Waals surface area contributed by atoms with Crippen molar-refractivity contribution in [2.75, 3.05) is 13.1 Å². The molecular formula is C16H24N2O2S. The summed E-state index contributed by atoms with van der Waals surface area (Å²) in [5.74, 6) is 0.360. The molecule has 0 aliphatic heterocycles. The van der Waals surface area contributed by atoms with Crippen molar-refractivity contribution in [1.29, 1.82) is 5.26 Å². The van der Waals surface area contributed by atoms with Crippen molar-refractivity contribution >= 4 is 10.0 Å². The van der Waals surface area contributed by atoms with Crippen molar-refractivity contribution in [3.05, 3.63) is 29.3 Å². The van der Waals surface area contributed by atoms with Gasteiger partial charge in [-0.05, 0) is 30.5 Å². The molecule has 0 bridgehead atoms. The lowest BCUT2D eigenvalue weighted by Crippen LogP contribution is -2.35. The van der Waals surface area contributed by atoms with Crippen LogP contribution in [0.2, 0.25) is 0 Å². The lowest BCUT2D eigenvalue weighted by atomic mass is 10.0. The van der Waals surface area contributed by atoms with Crippen LogP contribution in [0.5, 0.6) is 0 Å². The summed E-state index contributed by atoms with van der Waals surface area (Å²) < 4.78 is 27.2. The summed E-state index contributed by atoms with van der Waals surface area (Å²) in [5, 5.41) is 8.98. The molecular weight excluding hydrogens is 284 g/mol.